The molecule has 5 rings (SSSR count). The lowest BCUT2D eigenvalue weighted by Gasteiger charge is -2.43. The molecule has 160 valence electrons. The van der Waals surface area contributed by atoms with Crippen LogP contribution in [0.25, 0.3) is 0 Å². The molecule has 8 nitrogen and oxygen atoms in total. The molecule has 4 heterocycles. The number of amides is 1. The highest BCUT2D eigenvalue weighted by molar-refractivity contribution is 7.10. The third-order valence-corrected chi connectivity index (χ3v) is 6.87. The van der Waals surface area contributed by atoms with Crippen LogP contribution in [-0.4, -0.2) is 40.3 Å². The quantitative estimate of drug-likeness (QED) is 0.659. The van der Waals surface area contributed by atoms with Gasteiger partial charge in [0, 0.05) is 61.0 Å². The minimum atomic E-state index is -0.248. The Morgan fingerprint density at radius 3 is 2.94 bits per heavy atom. The number of hydrogen-bond donors (Lipinski definition) is 1. The van der Waals surface area contributed by atoms with Gasteiger partial charge in [0.1, 0.15) is 10.8 Å². The van der Waals surface area contributed by atoms with E-state index < -0.39 is 0 Å². The Morgan fingerprint density at radius 1 is 1.19 bits per heavy atom. The van der Waals surface area contributed by atoms with Crippen LogP contribution in [0, 0.1) is 5.92 Å². The maximum atomic E-state index is 12.9. The fraction of sp³-hybridized carbons (Fsp3) is 0.364. The second kappa shape index (κ2) is 8.14. The first-order valence-electron chi connectivity index (χ1n) is 10.3. The van der Waals surface area contributed by atoms with Gasteiger partial charge in [0.25, 0.3) is 11.5 Å². The van der Waals surface area contributed by atoms with Gasteiger partial charge in [-0.2, -0.15) is 0 Å². The van der Waals surface area contributed by atoms with Gasteiger partial charge in [0.15, 0.2) is 5.69 Å². The van der Waals surface area contributed by atoms with Crippen molar-refractivity contribution in [3.8, 4) is 5.75 Å². The number of rotatable bonds is 5. The van der Waals surface area contributed by atoms with Crippen molar-refractivity contribution < 1.29 is 9.53 Å². The van der Waals surface area contributed by atoms with Gasteiger partial charge in [-0.3, -0.25) is 9.59 Å². The smallest absolute Gasteiger partial charge is 0.275 e. The number of methoxy groups -OCH3 is 1. The average molecular weight is 438 g/mol. The summed E-state index contributed by atoms with van der Waals surface area (Å²) < 4.78 is 11.3. The molecule has 3 aromatic rings. The van der Waals surface area contributed by atoms with Crippen LogP contribution in [0.2, 0.25) is 0 Å². The number of anilines is 1. The monoisotopic (exact) mass is 437 g/mol. The zero-order valence-electron chi connectivity index (χ0n) is 17.2. The number of aromatic nitrogens is 3. The highest BCUT2D eigenvalue weighted by atomic mass is 32.1. The Kier molecular flexibility index (Phi) is 5.19. The number of pyridine rings is 1. The first kappa shape index (κ1) is 19.7. The van der Waals surface area contributed by atoms with Crippen LogP contribution in [0.1, 0.15) is 34.1 Å². The number of para-hydroxylation sites is 1. The van der Waals surface area contributed by atoms with Gasteiger partial charge in [0.05, 0.1) is 7.11 Å². The second-order valence-corrected chi connectivity index (χ2v) is 8.76. The summed E-state index contributed by atoms with van der Waals surface area (Å²) in [5, 5.41) is 7.86. The van der Waals surface area contributed by atoms with Gasteiger partial charge in [-0.1, -0.05) is 28.8 Å². The van der Waals surface area contributed by atoms with Crippen LogP contribution in [0.3, 0.4) is 0 Å². The van der Waals surface area contributed by atoms with E-state index >= 15 is 0 Å². The molecule has 0 saturated carbocycles. The van der Waals surface area contributed by atoms with Crippen molar-refractivity contribution in [3.05, 3.63) is 69.8 Å². The van der Waals surface area contributed by atoms with Gasteiger partial charge in [-0.25, -0.2) is 0 Å². The fourth-order valence-corrected chi connectivity index (χ4v) is 5.39. The van der Waals surface area contributed by atoms with Crippen molar-refractivity contribution in [1.82, 2.24) is 19.5 Å². The van der Waals surface area contributed by atoms with Crippen molar-refractivity contribution in [1.29, 1.82) is 0 Å². The zero-order chi connectivity index (χ0) is 21.4. The molecule has 2 aliphatic rings. The third kappa shape index (κ3) is 3.69. The summed E-state index contributed by atoms with van der Waals surface area (Å²) in [6.45, 7) is 2.59. The maximum Gasteiger partial charge on any atom is 0.275 e. The number of benzene rings is 1. The second-order valence-electron chi connectivity index (χ2n) is 8.02. The first-order chi connectivity index (χ1) is 15.1. The van der Waals surface area contributed by atoms with E-state index in [-0.39, 0.29) is 17.4 Å². The number of fused-ring (bicyclic) bond motifs is 4. The summed E-state index contributed by atoms with van der Waals surface area (Å²) >= 11 is 1.25. The molecular formula is C22H23N5O3S. The lowest BCUT2D eigenvalue weighted by atomic mass is 9.83. The van der Waals surface area contributed by atoms with Crippen molar-refractivity contribution in [2.45, 2.75) is 25.4 Å². The van der Waals surface area contributed by atoms with Crippen LogP contribution < -0.4 is 20.5 Å². The van der Waals surface area contributed by atoms with E-state index in [0.29, 0.717) is 24.7 Å². The summed E-state index contributed by atoms with van der Waals surface area (Å²) in [5.41, 5.74) is 2.40. The van der Waals surface area contributed by atoms with E-state index in [1.807, 2.05) is 41.0 Å². The summed E-state index contributed by atoms with van der Waals surface area (Å²) in [6, 6.07) is 13.1. The van der Waals surface area contributed by atoms with Gasteiger partial charge >= 0.3 is 0 Å². The molecule has 0 radical (unpaired) electrons. The van der Waals surface area contributed by atoms with Gasteiger partial charge in [0.2, 0.25) is 0 Å². The number of carbonyl (C=O) groups excluding carboxylic acids is 1. The van der Waals surface area contributed by atoms with E-state index in [4.69, 9.17) is 4.74 Å². The molecule has 2 aliphatic heterocycles. The minimum absolute atomic E-state index is 0.0662. The molecule has 0 aliphatic carbocycles. The molecule has 9 heteroatoms. The Morgan fingerprint density at radius 2 is 2.06 bits per heavy atom. The average Bonchev–Trinajstić information content (AvgIpc) is 3.28. The van der Waals surface area contributed by atoms with Crippen LogP contribution in [0.4, 0.5) is 5.00 Å². The Balaban J connectivity index is 1.34. The summed E-state index contributed by atoms with van der Waals surface area (Å²) in [4.78, 5) is 27.4. The first-order valence-corrected chi connectivity index (χ1v) is 11.1. The molecular weight excluding hydrogens is 414 g/mol. The molecule has 2 aromatic heterocycles. The molecule has 1 N–H and O–H groups in total. The molecule has 1 saturated heterocycles. The highest BCUT2D eigenvalue weighted by Crippen LogP contribution is 2.38. The van der Waals surface area contributed by atoms with E-state index in [1.54, 1.807) is 13.2 Å². The molecule has 0 unspecified atom stereocenters. The maximum absolute atomic E-state index is 12.9. The molecule has 0 spiro atoms. The Hall–Kier alpha value is -3.20. The zero-order valence-corrected chi connectivity index (χ0v) is 18.0. The van der Waals surface area contributed by atoms with Crippen LogP contribution in [0.5, 0.6) is 5.75 Å². The molecule has 1 amide bonds. The molecule has 2 bridgehead atoms. The molecule has 1 aromatic carbocycles. The summed E-state index contributed by atoms with van der Waals surface area (Å²) in [7, 11) is 1.61. The largest absolute Gasteiger partial charge is 0.496 e. The number of carbonyl (C=O) groups is 1. The van der Waals surface area contributed by atoms with Gasteiger partial charge in [-0.05, 0) is 24.5 Å². The van der Waals surface area contributed by atoms with Crippen LogP contribution >= 0.6 is 11.5 Å². The number of hydrogen-bond acceptors (Lipinski definition) is 7. The van der Waals surface area contributed by atoms with Crippen LogP contribution in [0.15, 0.2) is 47.3 Å². The molecule has 1 fully saturated rings. The summed E-state index contributed by atoms with van der Waals surface area (Å²) in [5.74, 6) is 1.10. The Bertz CT molecular complexity index is 1170. The van der Waals surface area contributed by atoms with Crippen molar-refractivity contribution in [2.75, 3.05) is 25.1 Å². The third-order valence-electron chi connectivity index (χ3n) is 6.08. The fourth-order valence-electron chi connectivity index (χ4n) is 4.71. The van der Waals surface area contributed by atoms with Gasteiger partial charge < -0.3 is 19.5 Å². The normalized spacial score (nSPS) is 19.6. The van der Waals surface area contributed by atoms with E-state index in [0.717, 1.165) is 41.5 Å². The lowest BCUT2D eigenvalue weighted by Crippen LogP contribution is -2.47. The number of ether oxygens (including phenoxy) is 1. The van der Waals surface area contributed by atoms with E-state index in [1.165, 1.54) is 11.5 Å². The van der Waals surface area contributed by atoms with Gasteiger partial charge in [-0.15, -0.1) is 5.10 Å². The number of piperidine rings is 1. The summed E-state index contributed by atoms with van der Waals surface area (Å²) in [6.07, 6.45) is 1.06. The molecule has 2 atom stereocenters. The number of nitrogens with one attached hydrogen (secondary N) is 1. The Labute approximate surface area is 183 Å². The van der Waals surface area contributed by atoms with Crippen molar-refractivity contribution >= 4 is 22.4 Å². The van der Waals surface area contributed by atoms with Crippen molar-refractivity contribution in [3.63, 3.8) is 0 Å². The predicted octanol–water partition coefficient (Wildman–Crippen LogP) is 2.26. The van der Waals surface area contributed by atoms with Crippen molar-refractivity contribution in [2.24, 2.45) is 5.92 Å². The SMILES string of the molecule is COc1ccccc1CNC(=O)c1nnsc1N1C[C@@H]2C[C@@H](C1)c1cccc(=O)n1C2. The van der Waals surface area contributed by atoms with E-state index in [2.05, 4.69) is 19.8 Å². The topological polar surface area (TPSA) is 89.3 Å². The lowest BCUT2D eigenvalue weighted by molar-refractivity contribution is 0.0946. The number of nitrogens with zero attached hydrogens (tertiary/aromatic N) is 4. The molecule has 31 heavy (non-hydrogen) atoms. The minimum Gasteiger partial charge on any atom is -0.496 e. The highest BCUT2D eigenvalue weighted by Gasteiger charge is 2.36. The standard InChI is InChI=1S/C22H23N5O3S/c1-30-18-7-3-2-5-15(18)10-23-21(29)20-22(31-25-24-20)26-11-14-9-16(13-26)17-6-4-8-19(28)27(17)12-14/h2-8,14,16H,9-13H2,1H3,(H,23,29)/t14-,16-/m0/s1. The van der Waals surface area contributed by atoms with Crippen LogP contribution in [-0.2, 0) is 13.1 Å². The predicted molar refractivity (Wildman–Crippen MR) is 118 cm³/mol. The van der Waals surface area contributed by atoms with E-state index in [9.17, 15) is 9.59 Å².